The van der Waals surface area contributed by atoms with Gasteiger partial charge in [-0.2, -0.15) is 0 Å². The predicted octanol–water partition coefficient (Wildman–Crippen LogP) is 1.27. The van der Waals surface area contributed by atoms with Crippen molar-refractivity contribution in [2.45, 2.75) is 6.54 Å². The van der Waals surface area contributed by atoms with Gasteiger partial charge in [0.15, 0.2) is 14.5 Å². The van der Waals surface area contributed by atoms with E-state index in [2.05, 4.69) is 20.8 Å². The summed E-state index contributed by atoms with van der Waals surface area (Å²) in [6.45, 7) is 1.88. The second kappa shape index (κ2) is 4.27. The summed E-state index contributed by atoms with van der Waals surface area (Å²) in [7, 11) is -2.78. The van der Waals surface area contributed by atoms with Crippen LogP contribution in [0.3, 0.4) is 0 Å². The molecule has 84 valence electrons. The van der Waals surface area contributed by atoms with Crippen molar-refractivity contribution in [2.24, 2.45) is 0 Å². The third-order valence-corrected chi connectivity index (χ3v) is 4.48. The second-order valence-corrected chi connectivity index (χ2v) is 6.72. The molecule has 2 heterocycles. The van der Waals surface area contributed by atoms with Crippen molar-refractivity contribution in [3.8, 4) is 0 Å². The van der Waals surface area contributed by atoms with Crippen molar-refractivity contribution in [1.29, 1.82) is 0 Å². The molecule has 1 saturated heterocycles. The van der Waals surface area contributed by atoms with Crippen molar-refractivity contribution in [2.75, 3.05) is 24.6 Å². The number of rotatable bonds is 2. The average Bonchev–Trinajstić information content (AvgIpc) is 2.55. The molecule has 0 aliphatic carbocycles. The Balaban J connectivity index is 1.92. The van der Waals surface area contributed by atoms with E-state index in [0.717, 1.165) is 5.76 Å². The summed E-state index contributed by atoms with van der Waals surface area (Å²) in [5.41, 5.74) is 0. The van der Waals surface area contributed by atoms with Gasteiger partial charge in [0.25, 0.3) is 0 Å². The van der Waals surface area contributed by atoms with Gasteiger partial charge in [-0.1, -0.05) is 0 Å². The number of hydrogen-bond donors (Lipinski definition) is 0. The fraction of sp³-hybridized carbons (Fsp3) is 0.556. The smallest absolute Gasteiger partial charge is 0.169 e. The van der Waals surface area contributed by atoms with Crippen molar-refractivity contribution in [1.82, 2.24) is 4.90 Å². The first kappa shape index (κ1) is 11.2. The van der Waals surface area contributed by atoms with Gasteiger partial charge in [-0.05, 0) is 28.1 Å². The molecule has 1 aromatic rings. The Kier molecular flexibility index (Phi) is 3.18. The van der Waals surface area contributed by atoms with E-state index in [-0.39, 0.29) is 11.5 Å². The molecule has 0 atom stereocenters. The lowest BCUT2D eigenvalue weighted by Gasteiger charge is -2.25. The number of sulfone groups is 1. The van der Waals surface area contributed by atoms with Gasteiger partial charge < -0.3 is 4.42 Å². The Morgan fingerprint density at radius 3 is 2.53 bits per heavy atom. The molecule has 0 bridgehead atoms. The maximum absolute atomic E-state index is 11.2. The lowest BCUT2D eigenvalue weighted by atomic mass is 10.4. The Morgan fingerprint density at radius 1 is 1.33 bits per heavy atom. The first-order valence-corrected chi connectivity index (χ1v) is 7.34. The minimum Gasteiger partial charge on any atom is -0.453 e. The number of hydrogen-bond acceptors (Lipinski definition) is 4. The molecule has 1 aromatic heterocycles. The summed E-state index contributed by atoms with van der Waals surface area (Å²) >= 11 is 3.23. The second-order valence-electron chi connectivity index (χ2n) is 3.63. The number of halogens is 1. The zero-order valence-electron chi connectivity index (χ0n) is 8.15. The van der Waals surface area contributed by atoms with Crippen LogP contribution in [0.5, 0.6) is 0 Å². The van der Waals surface area contributed by atoms with Crippen LogP contribution in [0.2, 0.25) is 0 Å². The van der Waals surface area contributed by atoms with Crippen LogP contribution in [0.15, 0.2) is 21.2 Å². The maximum atomic E-state index is 11.2. The van der Waals surface area contributed by atoms with Crippen LogP contribution in [0.4, 0.5) is 0 Å². The monoisotopic (exact) mass is 293 g/mol. The van der Waals surface area contributed by atoms with E-state index in [0.29, 0.717) is 24.3 Å². The lowest BCUT2D eigenvalue weighted by molar-refractivity contribution is 0.260. The van der Waals surface area contributed by atoms with Gasteiger partial charge in [0.05, 0.1) is 18.1 Å². The SMILES string of the molecule is O=S1(=O)CCN(Cc2ccc(Br)o2)CC1. The van der Waals surface area contributed by atoms with Crippen LogP contribution in [0.25, 0.3) is 0 Å². The van der Waals surface area contributed by atoms with Crippen LogP contribution in [0.1, 0.15) is 5.76 Å². The third-order valence-electron chi connectivity index (χ3n) is 2.45. The molecule has 0 aromatic carbocycles. The maximum Gasteiger partial charge on any atom is 0.169 e. The number of nitrogens with zero attached hydrogens (tertiary/aromatic N) is 1. The van der Waals surface area contributed by atoms with Gasteiger partial charge in [0.2, 0.25) is 0 Å². The largest absolute Gasteiger partial charge is 0.453 e. The highest BCUT2D eigenvalue weighted by molar-refractivity contribution is 9.10. The van der Waals surface area contributed by atoms with Crippen LogP contribution >= 0.6 is 15.9 Å². The van der Waals surface area contributed by atoms with E-state index in [9.17, 15) is 8.42 Å². The highest BCUT2D eigenvalue weighted by atomic mass is 79.9. The van der Waals surface area contributed by atoms with Crippen molar-refractivity contribution >= 4 is 25.8 Å². The van der Waals surface area contributed by atoms with Crippen molar-refractivity contribution in [3.05, 3.63) is 22.6 Å². The van der Waals surface area contributed by atoms with Gasteiger partial charge in [-0.3, -0.25) is 4.90 Å². The molecule has 1 aliphatic rings. The third kappa shape index (κ3) is 3.06. The molecule has 0 unspecified atom stereocenters. The zero-order valence-corrected chi connectivity index (χ0v) is 10.6. The summed E-state index contributed by atoms with van der Waals surface area (Å²) in [4.78, 5) is 2.09. The van der Waals surface area contributed by atoms with Crippen LogP contribution in [-0.4, -0.2) is 37.9 Å². The van der Waals surface area contributed by atoms with Crippen molar-refractivity contribution in [3.63, 3.8) is 0 Å². The van der Waals surface area contributed by atoms with E-state index in [4.69, 9.17) is 4.42 Å². The highest BCUT2D eigenvalue weighted by Crippen LogP contribution is 2.16. The zero-order chi connectivity index (χ0) is 10.9. The van der Waals surface area contributed by atoms with Crippen LogP contribution < -0.4 is 0 Å². The van der Waals surface area contributed by atoms with Gasteiger partial charge in [0, 0.05) is 13.1 Å². The molecule has 1 fully saturated rings. The quantitative estimate of drug-likeness (QED) is 0.824. The van der Waals surface area contributed by atoms with E-state index in [1.807, 2.05) is 12.1 Å². The summed E-state index contributed by atoms with van der Waals surface area (Å²) in [5.74, 6) is 1.38. The Hall–Kier alpha value is -0.330. The van der Waals surface area contributed by atoms with Crippen LogP contribution in [0, 0.1) is 0 Å². The molecular weight excluding hydrogens is 282 g/mol. The number of furan rings is 1. The molecule has 0 spiro atoms. The van der Waals surface area contributed by atoms with Gasteiger partial charge in [0.1, 0.15) is 5.76 Å². The fourth-order valence-corrected chi connectivity index (χ4v) is 3.18. The van der Waals surface area contributed by atoms with Gasteiger partial charge >= 0.3 is 0 Å². The Morgan fingerprint density at radius 2 is 2.00 bits per heavy atom. The summed E-state index contributed by atoms with van der Waals surface area (Å²) in [6, 6.07) is 3.74. The van der Waals surface area contributed by atoms with Gasteiger partial charge in [-0.25, -0.2) is 8.42 Å². The molecule has 0 N–H and O–H groups in total. The lowest BCUT2D eigenvalue weighted by Crippen LogP contribution is -2.39. The summed E-state index contributed by atoms with van der Waals surface area (Å²) in [6.07, 6.45) is 0. The first-order valence-electron chi connectivity index (χ1n) is 4.72. The van der Waals surface area contributed by atoms with E-state index >= 15 is 0 Å². The molecule has 2 rings (SSSR count). The molecule has 6 heteroatoms. The normalized spacial score (nSPS) is 21.7. The minimum atomic E-state index is -2.78. The average molecular weight is 294 g/mol. The van der Waals surface area contributed by atoms with E-state index in [1.165, 1.54) is 0 Å². The molecule has 4 nitrogen and oxygen atoms in total. The summed E-state index contributed by atoms with van der Waals surface area (Å²) in [5, 5.41) is 0. The fourth-order valence-electron chi connectivity index (χ4n) is 1.57. The van der Waals surface area contributed by atoms with Gasteiger partial charge in [-0.15, -0.1) is 0 Å². The minimum absolute atomic E-state index is 0.259. The molecule has 0 amide bonds. The van der Waals surface area contributed by atoms with E-state index in [1.54, 1.807) is 0 Å². The Bertz CT molecular complexity index is 426. The molecule has 0 saturated carbocycles. The molecule has 0 radical (unpaired) electrons. The summed E-state index contributed by atoms with van der Waals surface area (Å²) < 4.78 is 28.5. The molecular formula is C9H12BrNO3S. The molecule has 15 heavy (non-hydrogen) atoms. The van der Waals surface area contributed by atoms with E-state index < -0.39 is 9.84 Å². The van der Waals surface area contributed by atoms with Crippen molar-refractivity contribution < 1.29 is 12.8 Å². The molecule has 1 aliphatic heterocycles. The highest BCUT2D eigenvalue weighted by Gasteiger charge is 2.21. The first-order chi connectivity index (χ1) is 7.05. The topological polar surface area (TPSA) is 50.5 Å². The Labute approximate surface area is 97.3 Å². The standard InChI is InChI=1S/C9H12BrNO3S/c10-9-2-1-8(14-9)7-11-3-5-15(12,13)6-4-11/h1-2H,3-7H2. The predicted molar refractivity (Wildman–Crippen MR) is 60.3 cm³/mol. The van der Waals surface area contributed by atoms with Crippen LogP contribution in [-0.2, 0) is 16.4 Å².